The van der Waals surface area contributed by atoms with Gasteiger partial charge in [0.15, 0.2) is 0 Å². The molecule has 0 bridgehead atoms. The van der Waals surface area contributed by atoms with Crippen LogP contribution in [0, 0.1) is 12.7 Å². The highest BCUT2D eigenvalue weighted by molar-refractivity contribution is 7.17. The molecule has 2 aliphatic rings. The normalized spacial score (nSPS) is 16.7. The van der Waals surface area contributed by atoms with Crippen molar-refractivity contribution in [3.05, 3.63) is 237 Å². The van der Waals surface area contributed by atoms with Crippen LogP contribution in [-0.4, -0.2) is 4.57 Å². The summed E-state index contributed by atoms with van der Waals surface area (Å²) in [5, 5.41) is 4.94. The second-order valence-corrected chi connectivity index (χ2v) is 29.9. The van der Waals surface area contributed by atoms with Crippen LogP contribution < -0.4 is 4.90 Å². The Hall–Kier alpha value is -7.01. The molecule has 0 N–H and O–H groups in total. The van der Waals surface area contributed by atoms with Gasteiger partial charge in [-0.15, -0.1) is 11.3 Å². The number of fused-ring (bicyclic) bond motifs is 4. The molecule has 2 aromatic heterocycles. The molecule has 0 amide bonds. The van der Waals surface area contributed by atoms with Crippen molar-refractivity contribution >= 4 is 49.4 Å². The standard InChI is InChI=1S/C78H83FN2S/c1-49-38-52(40-57(39-49)81(68-33-27-54(74(5,6)7)42-60(68)51-24-20-17-21-25-51)70-48-82-71-46-67-65(44-62(70)71)76(10,11)35-37-78(67,14)15)72(58-32-26-53(73(2,3)4)41-59(58)50-22-18-16-19-23-50)63-47-80(56-30-28-55(79)29-31-56)69-45-66-64(43-61(63)69)75(8,9)34-36-77(66,12)13/h16-33,38-48,72H,34-37H2,1-15H3. The van der Waals surface area contributed by atoms with Gasteiger partial charge < -0.3 is 9.47 Å². The quantitative estimate of drug-likeness (QED) is 0.140. The lowest BCUT2D eigenvalue weighted by molar-refractivity contribution is 0.332. The summed E-state index contributed by atoms with van der Waals surface area (Å²) in [6.07, 6.45) is 6.93. The molecule has 0 aliphatic heterocycles. The molecule has 1 atom stereocenters. The lowest BCUT2D eigenvalue weighted by atomic mass is 9.63. The first-order valence-corrected chi connectivity index (χ1v) is 30.9. The number of benzene rings is 8. The van der Waals surface area contributed by atoms with Crippen LogP contribution in [-0.2, 0) is 32.5 Å². The van der Waals surface area contributed by atoms with Crippen LogP contribution in [0.3, 0.4) is 0 Å². The second kappa shape index (κ2) is 19.8. The lowest BCUT2D eigenvalue weighted by Crippen LogP contribution is -2.33. The fourth-order valence-electron chi connectivity index (χ4n) is 13.8. The Morgan fingerprint density at radius 3 is 1.59 bits per heavy atom. The molecule has 12 rings (SSSR count). The van der Waals surface area contributed by atoms with Gasteiger partial charge in [0, 0.05) is 49.9 Å². The van der Waals surface area contributed by atoms with E-state index in [-0.39, 0.29) is 44.2 Å². The van der Waals surface area contributed by atoms with Crippen molar-refractivity contribution in [3.63, 3.8) is 0 Å². The topological polar surface area (TPSA) is 8.17 Å². The van der Waals surface area contributed by atoms with Gasteiger partial charge in [-0.05, 0) is 210 Å². The van der Waals surface area contributed by atoms with Crippen LogP contribution in [0.1, 0.15) is 184 Å². The Bertz CT molecular complexity index is 4070. The molecular weight excluding hydrogens is 1020 g/mol. The summed E-state index contributed by atoms with van der Waals surface area (Å²) in [6, 6.07) is 61.3. The first kappa shape index (κ1) is 55.5. The van der Waals surface area contributed by atoms with E-state index < -0.39 is 0 Å². The van der Waals surface area contributed by atoms with Gasteiger partial charge in [-0.25, -0.2) is 4.39 Å². The molecule has 2 aliphatic carbocycles. The van der Waals surface area contributed by atoms with E-state index in [4.69, 9.17) is 0 Å². The van der Waals surface area contributed by atoms with Crippen molar-refractivity contribution in [1.29, 1.82) is 0 Å². The fourth-order valence-corrected chi connectivity index (χ4v) is 14.8. The molecule has 10 aromatic rings. The van der Waals surface area contributed by atoms with E-state index in [1.165, 1.54) is 105 Å². The Morgan fingerprint density at radius 1 is 0.500 bits per heavy atom. The summed E-state index contributed by atoms with van der Waals surface area (Å²) in [5.74, 6) is -0.478. The number of nitrogens with zero attached hydrogens (tertiary/aromatic N) is 2. The number of halogens is 1. The molecule has 2 nitrogen and oxygen atoms in total. The average molecular weight is 1100 g/mol. The molecule has 418 valence electrons. The number of anilines is 3. The third-order valence-electron chi connectivity index (χ3n) is 19.2. The van der Waals surface area contributed by atoms with Crippen molar-refractivity contribution in [2.45, 2.75) is 168 Å². The highest BCUT2D eigenvalue weighted by Crippen LogP contribution is 2.54. The Balaban J connectivity index is 1.20. The van der Waals surface area contributed by atoms with Gasteiger partial charge in [0.2, 0.25) is 0 Å². The van der Waals surface area contributed by atoms with Crippen molar-refractivity contribution in [1.82, 2.24) is 4.57 Å². The highest BCUT2D eigenvalue weighted by Gasteiger charge is 2.40. The predicted octanol–water partition coefficient (Wildman–Crippen LogP) is 22.6. The SMILES string of the molecule is Cc1cc(C(c2ccc(C(C)(C)C)cc2-c2ccccc2)c2cn(-c3ccc(F)cc3)c3cc4c(cc23)C(C)(C)CCC4(C)C)cc(N(c2ccc(C(C)(C)C)cc2-c2ccccc2)c2csc3cc4c(cc23)C(C)(C)CCC4(C)C)c1. The molecule has 0 fully saturated rings. The molecule has 0 saturated carbocycles. The van der Waals surface area contributed by atoms with Crippen LogP contribution in [0.2, 0.25) is 0 Å². The summed E-state index contributed by atoms with van der Waals surface area (Å²) >= 11 is 1.87. The summed E-state index contributed by atoms with van der Waals surface area (Å²) < 4.78 is 18.7. The first-order valence-electron chi connectivity index (χ1n) is 30.0. The number of aryl methyl sites for hydroxylation is 1. The van der Waals surface area contributed by atoms with Gasteiger partial charge in [0.25, 0.3) is 0 Å². The van der Waals surface area contributed by atoms with Crippen LogP contribution in [0.5, 0.6) is 0 Å². The largest absolute Gasteiger partial charge is 0.316 e. The summed E-state index contributed by atoms with van der Waals surface area (Å²) in [7, 11) is 0. The number of aromatic nitrogens is 1. The average Bonchev–Trinajstić information content (AvgIpc) is 3.66. The number of thiophene rings is 1. The summed E-state index contributed by atoms with van der Waals surface area (Å²) in [6.45, 7) is 35.7. The van der Waals surface area contributed by atoms with E-state index >= 15 is 0 Å². The zero-order chi connectivity index (χ0) is 58.1. The Labute approximate surface area is 493 Å². The molecule has 0 radical (unpaired) electrons. The van der Waals surface area contributed by atoms with Gasteiger partial charge in [-0.1, -0.05) is 188 Å². The first-order chi connectivity index (χ1) is 38.7. The smallest absolute Gasteiger partial charge is 0.123 e. The summed E-state index contributed by atoms with van der Waals surface area (Å²) in [4.78, 5) is 2.61. The monoisotopic (exact) mass is 1100 g/mol. The van der Waals surface area contributed by atoms with Gasteiger partial charge in [-0.3, -0.25) is 0 Å². The predicted molar refractivity (Wildman–Crippen MR) is 351 cm³/mol. The lowest BCUT2D eigenvalue weighted by Gasteiger charge is -2.42. The molecule has 0 saturated heterocycles. The maximum Gasteiger partial charge on any atom is 0.123 e. The van der Waals surface area contributed by atoms with Crippen molar-refractivity contribution < 1.29 is 4.39 Å². The second-order valence-electron chi connectivity index (χ2n) is 29.0. The van der Waals surface area contributed by atoms with E-state index in [1.807, 2.05) is 23.5 Å². The maximum atomic E-state index is 15.0. The number of rotatable bonds is 9. The van der Waals surface area contributed by atoms with E-state index in [0.29, 0.717) is 0 Å². The van der Waals surface area contributed by atoms with E-state index in [0.717, 1.165) is 41.8 Å². The van der Waals surface area contributed by atoms with Gasteiger partial charge in [0.1, 0.15) is 5.82 Å². The van der Waals surface area contributed by atoms with Crippen LogP contribution >= 0.6 is 11.3 Å². The molecular formula is C78H83FN2S. The third kappa shape index (κ3) is 9.85. The van der Waals surface area contributed by atoms with Crippen molar-refractivity contribution in [2.75, 3.05) is 4.90 Å². The van der Waals surface area contributed by atoms with Crippen LogP contribution in [0.25, 0.3) is 48.9 Å². The Kier molecular flexibility index (Phi) is 13.4. The van der Waals surface area contributed by atoms with E-state index in [1.54, 1.807) is 12.1 Å². The van der Waals surface area contributed by atoms with Crippen molar-refractivity contribution in [3.8, 4) is 27.9 Å². The minimum atomic E-state index is -0.240. The van der Waals surface area contributed by atoms with Gasteiger partial charge in [0.05, 0.1) is 16.9 Å². The van der Waals surface area contributed by atoms with E-state index in [2.05, 4.69) is 264 Å². The maximum absolute atomic E-state index is 15.0. The molecule has 1 unspecified atom stereocenters. The summed E-state index contributed by atoms with van der Waals surface area (Å²) in [5.41, 5.74) is 23.5. The zero-order valence-electron chi connectivity index (χ0n) is 51.3. The molecule has 0 spiro atoms. The van der Waals surface area contributed by atoms with Crippen LogP contribution in [0.15, 0.2) is 175 Å². The molecule has 8 aromatic carbocycles. The number of hydrogen-bond donors (Lipinski definition) is 0. The van der Waals surface area contributed by atoms with Crippen LogP contribution in [0.4, 0.5) is 21.5 Å². The molecule has 82 heavy (non-hydrogen) atoms. The Morgan fingerprint density at radius 2 is 1.01 bits per heavy atom. The van der Waals surface area contributed by atoms with Crippen molar-refractivity contribution in [2.24, 2.45) is 0 Å². The molecule has 2 heterocycles. The molecule has 4 heteroatoms. The van der Waals surface area contributed by atoms with Gasteiger partial charge >= 0.3 is 0 Å². The minimum Gasteiger partial charge on any atom is -0.316 e. The minimum absolute atomic E-state index is 0.0184. The van der Waals surface area contributed by atoms with Gasteiger partial charge in [-0.2, -0.15) is 0 Å². The fraction of sp³-hybridized carbons (Fsp3) is 0.333. The van der Waals surface area contributed by atoms with E-state index in [9.17, 15) is 4.39 Å². The third-order valence-corrected chi connectivity index (χ3v) is 20.1. The number of hydrogen-bond acceptors (Lipinski definition) is 2. The highest BCUT2D eigenvalue weighted by atomic mass is 32.1. The zero-order valence-corrected chi connectivity index (χ0v) is 52.1.